The first-order valence-corrected chi connectivity index (χ1v) is 9.99. The molecule has 0 saturated carbocycles. The lowest BCUT2D eigenvalue weighted by molar-refractivity contribution is -0.0154. The molecule has 1 saturated heterocycles. The third-order valence-electron chi connectivity index (χ3n) is 4.91. The first-order valence-electron chi connectivity index (χ1n) is 9.61. The fraction of sp³-hybridized carbons (Fsp3) is 0.333. The topological polar surface area (TPSA) is 90.6 Å². The van der Waals surface area contributed by atoms with Crippen LogP contribution in [0.1, 0.15) is 29.1 Å². The molecular formula is C21H21ClN4O4. The lowest BCUT2D eigenvalue weighted by Crippen LogP contribution is -2.43. The van der Waals surface area contributed by atoms with Gasteiger partial charge in [0.1, 0.15) is 12.4 Å². The number of amides is 1. The van der Waals surface area contributed by atoms with Crippen LogP contribution in [0, 0.1) is 0 Å². The van der Waals surface area contributed by atoms with Crippen molar-refractivity contribution in [2.75, 3.05) is 20.2 Å². The molecule has 1 atom stereocenters. The van der Waals surface area contributed by atoms with Crippen LogP contribution in [0.3, 0.4) is 0 Å². The summed E-state index contributed by atoms with van der Waals surface area (Å²) in [7, 11) is 1.52. The molecule has 1 aromatic carbocycles. The van der Waals surface area contributed by atoms with Crippen LogP contribution in [-0.4, -0.2) is 52.2 Å². The maximum absolute atomic E-state index is 13.0. The fourth-order valence-electron chi connectivity index (χ4n) is 3.39. The average Bonchev–Trinajstić information content (AvgIpc) is 3.27. The van der Waals surface area contributed by atoms with Crippen molar-refractivity contribution >= 4 is 17.5 Å². The van der Waals surface area contributed by atoms with Crippen LogP contribution in [-0.2, 0) is 11.3 Å². The van der Waals surface area contributed by atoms with Crippen LogP contribution in [0.15, 0.2) is 47.2 Å². The minimum Gasteiger partial charge on any atom is -0.496 e. The van der Waals surface area contributed by atoms with Crippen LogP contribution >= 0.6 is 11.6 Å². The summed E-state index contributed by atoms with van der Waals surface area (Å²) in [6, 6.07) is 8.64. The van der Waals surface area contributed by atoms with Crippen molar-refractivity contribution < 1.29 is 18.8 Å². The molecule has 2 aromatic heterocycles. The van der Waals surface area contributed by atoms with Gasteiger partial charge in [0.15, 0.2) is 0 Å². The molecule has 30 heavy (non-hydrogen) atoms. The molecule has 1 amide bonds. The first kappa shape index (κ1) is 20.3. The van der Waals surface area contributed by atoms with Crippen molar-refractivity contribution in [3.8, 4) is 17.1 Å². The zero-order chi connectivity index (χ0) is 20.9. The first-order chi connectivity index (χ1) is 14.6. The van der Waals surface area contributed by atoms with Gasteiger partial charge in [-0.2, -0.15) is 4.98 Å². The summed E-state index contributed by atoms with van der Waals surface area (Å²) in [6.45, 7) is 1.34. The molecule has 1 fully saturated rings. The number of carbonyl (C=O) groups is 1. The van der Waals surface area contributed by atoms with Gasteiger partial charge in [0.2, 0.25) is 5.82 Å². The van der Waals surface area contributed by atoms with E-state index < -0.39 is 0 Å². The molecule has 0 spiro atoms. The van der Waals surface area contributed by atoms with Crippen molar-refractivity contribution in [3.63, 3.8) is 0 Å². The predicted octanol–water partition coefficient (Wildman–Crippen LogP) is 3.62. The number of pyridine rings is 1. The molecule has 0 aliphatic carbocycles. The van der Waals surface area contributed by atoms with Crippen molar-refractivity contribution in [1.82, 2.24) is 20.0 Å². The predicted molar refractivity (Wildman–Crippen MR) is 109 cm³/mol. The quantitative estimate of drug-likeness (QED) is 0.592. The Balaban J connectivity index is 1.37. The number of halogens is 1. The van der Waals surface area contributed by atoms with E-state index in [1.807, 2.05) is 12.1 Å². The van der Waals surface area contributed by atoms with Crippen LogP contribution in [0.2, 0.25) is 5.02 Å². The number of carbonyl (C=O) groups excluding carboxylic acids is 1. The second-order valence-corrected chi connectivity index (χ2v) is 7.36. The Morgan fingerprint density at radius 3 is 2.93 bits per heavy atom. The molecule has 8 nitrogen and oxygen atoms in total. The maximum Gasteiger partial charge on any atom is 0.257 e. The molecule has 4 rings (SSSR count). The lowest BCUT2D eigenvalue weighted by atomic mass is 10.1. The van der Waals surface area contributed by atoms with Crippen molar-refractivity contribution in [2.45, 2.75) is 25.6 Å². The highest BCUT2D eigenvalue weighted by Crippen LogP contribution is 2.26. The second kappa shape index (κ2) is 9.23. The Kier molecular flexibility index (Phi) is 6.25. The van der Waals surface area contributed by atoms with Gasteiger partial charge in [-0.15, -0.1) is 0 Å². The number of hydrogen-bond donors (Lipinski definition) is 0. The van der Waals surface area contributed by atoms with E-state index in [9.17, 15) is 4.79 Å². The molecule has 1 aliphatic rings. The minimum absolute atomic E-state index is 0.102. The number of piperidine rings is 1. The van der Waals surface area contributed by atoms with Crippen molar-refractivity contribution in [3.05, 3.63) is 59.2 Å². The van der Waals surface area contributed by atoms with Gasteiger partial charge in [0.25, 0.3) is 11.8 Å². The Morgan fingerprint density at radius 1 is 1.30 bits per heavy atom. The number of aromatic nitrogens is 3. The highest BCUT2D eigenvalue weighted by atomic mass is 35.5. The van der Waals surface area contributed by atoms with E-state index in [-0.39, 0.29) is 18.6 Å². The van der Waals surface area contributed by atoms with Gasteiger partial charge in [0, 0.05) is 36.1 Å². The van der Waals surface area contributed by atoms with E-state index in [4.69, 9.17) is 25.6 Å². The van der Waals surface area contributed by atoms with Gasteiger partial charge in [-0.25, -0.2) is 0 Å². The summed E-state index contributed by atoms with van der Waals surface area (Å²) in [5, 5.41) is 4.50. The molecule has 3 aromatic rings. The van der Waals surface area contributed by atoms with Crippen LogP contribution < -0.4 is 4.74 Å². The van der Waals surface area contributed by atoms with E-state index in [2.05, 4.69) is 15.1 Å². The average molecular weight is 429 g/mol. The Morgan fingerprint density at radius 2 is 2.13 bits per heavy atom. The van der Waals surface area contributed by atoms with Crippen molar-refractivity contribution in [1.29, 1.82) is 0 Å². The molecule has 1 aliphatic heterocycles. The van der Waals surface area contributed by atoms with Crippen molar-refractivity contribution in [2.24, 2.45) is 0 Å². The number of nitrogens with zero attached hydrogens (tertiary/aromatic N) is 4. The monoisotopic (exact) mass is 428 g/mol. The zero-order valence-electron chi connectivity index (χ0n) is 16.5. The van der Waals surface area contributed by atoms with Gasteiger partial charge in [-0.3, -0.25) is 9.78 Å². The van der Waals surface area contributed by atoms with E-state index in [0.717, 1.165) is 18.4 Å². The van der Waals surface area contributed by atoms with Crippen LogP contribution in [0.5, 0.6) is 5.75 Å². The molecule has 1 unspecified atom stereocenters. The molecule has 0 N–H and O–H groups in total. The van der Waals surface area contributed by atoms with E-state index >= 15 is 0 Å². The van der Waals surface area contributed by atoms with Gasteiger partial charge in [-0.05, 0) is 43.2 Å². The van der Waals surface area contributed by atoms with Gasteiger partial charge < -0.3 is 18.9 Å². The normalized spacial score (nSPS) is 16.5. The lowest BCUT2D eigenvalue weighted by Gasteiger charge is -2.32. The molecule has 0 bridgehead atoms. The van der Waals surface area contributed by atoms with E-state index in [0.29, 0.717) is 41.1 Å². The zero-order valence-corrected chi connectivity index (χ0v) is 17.2. The molecule has 9 heteroatoms. The Bertz CT molecular complexity index is 1010. The van der Waals surface area contributed by atoms with Gasteiger partial charge in [-0.1, -0.05) is 16.8 Å². The summed E-state index contributed by atoms with van der Waals surface area (Å²) >= 11 is 6.00. The number of benzene rings is 1. The largest absolute Gasteiger partial charge is 0.496 e. The summed E-state index contributed by atoms with van der Waals surface area (Å²) in [6.07, 6.45) is 4.93. The summed E-state index contributed by atoms with van der Waals surface area (Å²) < 4.78 is 16.5. The Labute approximate surface area is 178 Å². The third kappa shape index (κ3) is 4.60. The summed E-state index contributed by atoms with van der Waals surface area (Å²) in [5.74, 6) is 1.25. The van der Waals surface area contributed by atoms with Crippen LogP contribution in [0.25, 0.3) is 11.4 Å². The number of likely N-dealkylation sites (tertiary alicyclic amines) is 1. The van der Waals surface area contributed by atoms with Gasteiger partial charge >= 0.3 is 0 Å². The number of methoxy groups -OCH3 is 1. The van der Waals surface area contributed by atoms with E-state index in [1.54, 1.807) is 35.5 Å². The maximum atomic E-state index is 13.0. The SMILES string of the molecule is COc1cc(Cl)ccc1C(=O)N1CCCC(OCc2nc(-c3ccncc3)no2)C1. The highest BCUT2D eigenvalue weighted by molar-refractivity contribution is 6.30. The van der Waals surface area contributed by atoms with E-state index in [1.165, 1.54) is 7.11 Å². The Hall–Kier alpha value is -2.97. The number of ether oxygens (including phenoxy) is 2. The summed E-state index contributed by atoms with van der Waals surface area (Å²) in [4.78, 5) is 23.1. The third-order valence-corrected chi connectivity index (χ3v) is 5.14. The van der Waals surface area contributed by atoms with Crippen LogP contribution in [0.4, 0.5) is 0 Å². The molecular weight excluding hydrogens is 408 g/mol. The molecule has 0 radical (unpaired) electrons. The highest BCUT2D eigenvalue weighted by Gasteiger charge is 2.27. The number of rotatable bonds is 6. The number of hydrogen-bond acceptors (Lipinski definition) is 7. The standard InChI is InChI=1S/C21H21ClN4O4/c1-28-18-11-15(22)4-5-17(18)21(27)26-10-2-3-16(12-26)29-13-19-24-20(25-30-19)14-6-8-23-9-7-14/h4-9,11,16H,2-3,10,12-13H2,1H3. The fourth-order valence-corrected chi connectivity index (χ4v) is 3.55. The molecule has 3 heterocycles. The molecule has 156 valence electrons. The minimum atomic E-state index is -0.114. The second-order valence-electron chi connectivity index (χ2n) is 6.92. The summed E-state index contributed by atoms with van der Waals surface area (Å²) in [5.41, 5.74) is 1.31. The smallest absolute Gasteiger partial charge is 0.257 e. The van der Waals surface area contributed by atoms with Gasteiger partial charge in [0.05, 0.1) is 18.8 Å².